The molecule has 8 amide bonds. The molecule has 522 valence electrons. The van der Waals surface area contributed by atoms with E-state index in [1.165, 1.54) is 75.7 Å². The van der Waals surface area contributed by atoms with Gasteiger partial charge in [0.15, 0.2) is 17.3 Å². The molecular weight excluding hydrogens is 1170 g/mol. The molecule has 0 bridgehead atoms. The average Bonchev–Trinajstić information content (AvgIpc) is 1.02. The Balaban J connectivity index is 6.90. The summed E-state index contributed by atoms with van der Waals surface area (Å²) in [5.74, 6) is -11.7. The summed E-state index contributed by atoms with van der Waals surface area (Å²) in [5, 5.41) is 31.9. The molecule has 24 nitrogen and oxygen atoms in total. The number of aliphatic hydroxyl groups excluding tert-OH is 1. The Hall–Kier alpha value is -6.30. The average molecular weight is 1290 g/mol. The quantitative estimate of drug-likeness (QED) is 0.0397. The fourth-order valence-corrected chi connectivity index (χ4v) is 11.6. The van der Waals surface area contributed by atoms with Crippen LogP contribution in [0.15, 0.2) is 12.2 Å². The number of hydrogen-bond acceptors (Lipinski definition) is 15. The van der Waals surface area contributed by atoms with Crippen molar-refractivity contribution in [2.24, 2.45) is 58.7 Å². The van der Waals surface area contributed by atoms with Crippen molar-refractivity contribution in [2.75, 3.05) is 55.9 Å². The zero-order valence-electron chi connectivity index (χ0n) is 59.8. The lowest BCUT2D eigenvalue weighted by Gasteiger charge is -2.40. The highest BCUT2D eigenvalue weighted by Gasteiger charge is 2.46. The number of aliphatic hydroxyl groups is 1. The maximum absolute atomic E-state index is 14.8. The van der Waals surface area contributed by atoms with Gasteiger partial charge in [0.05, 0.1) is 30.3 Å². The molecule has 6 N–H and O–H groups in total. The van der Waals surface area contributed by atoms with Crippen molar-refractivity contribution in [1.29, 1.82) is 0 Å². The number of allylic oxidation sites excluding steroid dienone is 2. The zero-order valence-corrected chi connectivity index (χ0v) is 59.8. The third-order valence-corrected chi connectivity index (χ3v) is 17.3. The Kier molecular flexibility index (Phi) is 36.6. The number of likely N-dealkylation sites (N-methyl/N-ethyl adjacent to an activating group) is 6. The topological polar surface area (TPSA) is 319 Å². The number of amides is 8. The summed E-state index contributed by atoms with van der Waals surface area (Å²) in [6, 6.07) is -9.13. The monoisotopic (exact) mass is 1290 g/mol. The van der Waals surface area contributed by atoms with Gasteiger partial charge in [0, 0.05) is 84.7 Å². The lowest BCUT2D eigenvalue weighted by Crippen LogP contribution is -2.62. The third kappa shape index (κ3) is 25.6. The zero-order chi connectivity index (χ0) is 71.0. The second-order valence-corrected chi connectivity index (χ2v) is 27.8. The van der Waals surface area contributed by atoms with Gasteiger partial charge in [0.25, 0.3) is 0 Å². The molecule has 0 radical (unpaired) electrons. The molecule has 0 saturated heterocycles. The lowest BCUT2D eigenvalue weighted by molar-refractivity contribution is -0.155. The van der Waals surface area contributed by atoms with Crippen LogP contribution >= 0.6 is 0 Å². The summed E-state index contributed by atoms with van der Waals surface area (Å²) in [4.78, 5) is 174. The summed E-state index contributed by atoms with van der Waals surface area (Å²) in [5.41, 5.74) is -1.12. The summed E-state index contributed by atoms with van der Waals surface area (Å²) in [6.07, 6.45) is 1.44. The maximum atomic E-state index is 14.8. The number of aliphatic carboxylic acids is 1. The molecule has 0 rings (SSSR count). The van der Waals surface area contributed by atoms with Crippen LogP contribution in [0.3, 0.4) is 0 Å². The van der Waals surface area contributed by atoms with E-state index in [1.807, 2.05) is 41.5 Å². The van der Waals surface area contributed by atoms with Crippen LogP contribution in [0.2, 0.25) is 0 Å². The van der Waals surface area contributed by atoms with Gasteiger partial charge in [0.2, 0.25) is 41.4 Å². The number of carboxylic acids is 1. The molecule has 0 aromatic carbocycles. The highest BCUT2D eigenvalue weighted by molar-refractivity contribution is 5.99. The van der Waals surface area contributed by atoms with Gasteiger partial charge in [-0.05, 0) is 95.4 Å². The first kappa shape index (κ1) is 84.7. The number of rotatable bonds is 41. The lowest BCUT2D eigenvalue weighted by atomic mass is 9.77. The van der Waals surface area contributed by atoms with Crippen LogP contribution < -0.4 is 21.3 Å². The highest BCUT2D eigenvalue weighted by Crippen LogP contribution is 2.32. The first-order valence-corrected chi connectivity index (χ1v) is 32.5. The third-order valence-electron chi connectivity index (χ3n) is 17.3. The van der Waals surface area contributed by atoms with E-state index >= 15 is 0 Å². The van der Waals surface area contributed by atoms with Crippen LogP contribution in [0, 0.1) is 58.7 Å². The molecule has 0 aliphatic rings. The molecule has 13 atom stereocenters. The summed E-state index contributed by atoms with van der Waals surface area (Å²) in [6.45, 7) is 31.1. The van der Waals surface area contributed by atoms with E-state index in [2.05, 4.69) is 21.3 Å². The van der Waals surface area contributed by atoms with Crippen LogP contribution in [-0.2, 0) is 57.5 Å². The Morgan fingerprint density at radius 3 is 1.47 bits per heavy atom. The number of ether oxygens (including phenoxy) is 1. The number of ketones is 3. The van der Waals surface area contributed by atoms with Gasteiger partial charge in [-0.2, -0.15) is 0 Å². The van der Waals surface area contributed by atoms with Crippen molar-refractivity contribution < 1.29 is 72.5 Å². The number of hydrogen-bond donors (Lipinski definition) is 6. The van der Waals surface area contributed by atoms with Gasteiger partial charge < -0.3 is 60.7 Å². The van der Waals surface area contributed by atoms with Crippen molar-refractivity contribution in [1.82, 2.24) is 45.8 Å². The van der Waals surface area contributed by atoms with Crippen LogP contribution in [0.5, 0.6) is 0 Å². The predicted molar refractivity (Wildman–Crippen MR) is 351 cm³/mol. The fourth-order valence-electron chi connectivity index (χ4n) is 11.6. The van der Waals surface area contributed by atoms with Crippen molar-refractivity contribution in [2.45, 2.75) is 230 Å². The van der Waals surface area contributed by atoms with Crippen LogP contribution in [0.25, 0.3) is 0 Å². The molecular formula is C67H119N9O15. The second-order valence-electron chi connectivity index (χ2n) is 27.8. The van der Waals surface area contributed by atoms with Gasteiger partial charge in [-0.25, -0.2) is 9.59 Å². The standard InChI is InChI=1S/C67H119N9O15/c1-26-28-29-42(13)56(80)55(59(82)71-48(27-2)65(88)89)75(24)64(87)54(41(11)12)74(23)62(85)46(30-37(3)4)34-52(78)50(32-39(7)8)72(21)61(84)45(16)70-58(81)43(14)33-51(77)49(31-38(5)6)73(22)63(86)47(40(9)10)35-53(79)57(76(25)60(83)44(15)68-19)67(17,18)36-91-66(90)69-20/h26,28,37-50,54-57,68,80H,27,29-36H2,1-25H3,(H,69,90)(H,70,81)(H,71,82)(H,88,89)/b28-26+/t42-,43-,44-,45-,46-,47+,48+,49+,50+,54+,55+,56-,57-/m1/s1. The number of nitrogens with one attached hydrogen (secondary N) is 4. The fraction of sp³-hybridized carbons (Fsp3) is 0.791. The van der Waals surface area contributed by atoms with Gasteiger partial charge in [-0.15, -0.1) is 0 Å². The number of carboxylic acid groups (broad SMARTS) is 1. The van der Waals surface area contributed by atoms with E-state index in [-0.39, 0.29) is 69.3 Å². The smallest absolute Gasteiger partial charge is 0.406 e. The van der Waals surface area contributed by atoms with Gasteiger partial charge in [0.1, 0.15) is 30.8 Å². The van der Waals surface area contributed by atoms with Gasteiger partial charge in [-0.3, -0.25) is 47.9 Å². The molecule has 24 heteroatoms. The summed E-state index contributed by atoms with van der Waals surface area (Å²) < 4.78 is 5.38. The van der Waals surface area contributed by atoms with E-state index in [0.717, 1.165) is 4.90 Å². The molecule has 0 saturated carbocycles. The normalized spacial score (nSPS) is 16.3. The van der Waals surface area contributed by atoms with E-state index in [9.17, 15) is 67.7 Å². The number of alkyl carbamates (subject to hydrolysis) is 1. The second kappa shape index (κ2) is 39.3. The molecule has 0 fully saturated rings. The molecule has 0 heterocycles. The Bertz CT molecular complexity index is 2480. The Labute approximate surface area is 544 Å². The van der Waals surface area contributed by atoms with E-state index in [0.29, 0.717) is 6.42 Å². The molecule has 0 unspecified atom stereocenters. The van der Waals surface area contributed by atoms with Gasteiger partial charge >= 0.3 is 12.1 Å². The van der Waals surface area contributed by atoms with Crippen molar-refractivity contribution in [3.05, 3.63) is 12.2 Å². The first-order valence-electron chi connectivity index (χ1n) is 32.5. The van der Waals surface area contributed by atoms with Crippen LogP contribution in [0.4, 0.5) is 4.79 Å². The SMILES string of the molecule is C/C=C/C[C@@H](C)[C@@H](O)[C@@H](C(=O)N[C@@H](CC)C(=O)O)N(C)C(=O)[C@H](C(C)C)N(C)C(=O)[C@@H](CC(=O)[C@H](CC(C)C)N(C)C(=O)[C@@H](C)NC(=O)[C@H](C)CC(=O)[C@H](CC(C)C)N(C)C(=O)[C@@H](CC(=O)[C@@H](N(C)C(=O)[C@@H](C)NC)C(C)(C)COC(=O)NC)C(C)C)CC(C)C. The predicted octanol–water partition coefficient (Wildman–Crippen LogP) is 5.76. The Morgan fingerprint density at radius 1 is 0.549 bits per heavy atom. The minimum absolute atomic E-state index is 0.0315. The minimum Gasteiger partial charge on any atom is -0.480 e. The van der Waals surface area contributed by atoms with Crippen LogP contribution in [-0.4, -0.2) is 216 Å². The number of nitrogens with zero attached hydrogens (tertiary/aromatic N) is 5. The van der Waals surface area contributed by atoms with E-state index in [1.54, 1.807) is 88.4 Å². The summed E-state index contributed by atoms with van der Waals surface area (Å²) in [7, 11) is 10.2. The Morgan fingerprint density at radius 2 is 1.03 bits per heavy atom. The van der Waals surface area contributed by atoms with E-state index in [4.69, 9.17) is 4.74 Å². The molecule has 0 aromatic heterocycles. The first-order chi connectivity index (χ1) is 41.9. The molecule has 0 aromatic rings. The van der Waals surface area contributed by atoms with E-state index < -0.39 is 166 Å². The molecule has 0 aliphatic carbocycles. The number of carbonyl (C=O) groups is 12. The van der Waals surface area contributed by atoms with Crippen molar-refractivity contribution >= 4 is 70.8 Å². The molecule has 91 heavy (non-hydrogen) atoms. The highest BCUT2D eigenvalue weighted by atomic mass is 16.5. The number of Topliss-reactive ketones (excluding diaryl/α,β-unsaturated/α-hetero) is 3. The molecule has 0 aliphatic heterocycles. The number of carbonyl (C=O) groups excluding carboxylic acids is 11. The van der Waals surface area contributed by atoms with Crippen molar-refractivity contribution in [3.8, 4) is 0 Å². The van der Waals surface area contributed by atoms with Crippen molar-refractivity contribution in [3.63, 3.8) is 0 Å². The molecule has 0 spiro atoms. The maximum Gasteiger partial charge on any atom is 0.406 e. The van der Waals surface area contributed by atoms with Crippen LogP contribution in [0.1, 0.15) is 176 Å². The minimum atomic E-state index is -1.55. The summed E-state index contributed by atoms with van der Waals surface area (Å²) >= 11 is 0. The van der Waals surface area contributed by atoms with Gasteiger partial charge in [-0.1, -0.05) is 116 Å². The largest absolute Gasteiger partial charge is 0.480 e.